The van der Waals surface area contributed by atoms with Crippen LogP contribution in [0.15, 0.2) is 24.3 Å². The molecule has 2 aliphatic rings. The van der Waals surface area contributed by atoms with Crippen LogP contribution >= 0.6 is 0 Å². The molecular formula is C28H42O2. The Balaban J connectivity index is 1.43. The van der Waals surface area contributed by atoms with Crippen molar-refractivity contribution in [3.8, 4) is 0 Å². The zero-order valence-electron chi connectivity index (χ0n) is 19.3. The predicted octanol–water partition coefficient (Wildman–Crippen LogP) is 7.90. The second-order valence-corrected chi connectivity index (χ2v) is 10.0. The molecule has 2 aliphatic carbocycles. The molecule has 1 aromatic carbocycles. The molecule has 0 unspecified atom stereocenters. The van der Waals surface area contributed by atoms with Gasteiger partial charge in [-0.15, -0.1) is 0 Å². The summed E-state index contributed by atoms with van der Waals surface area (Å²) in [5.74, 6) is 3.10. The standard InChI is InChI=1S/C28H42O2/c1-3-5-6-7-21-8-10-22(11-9-21)20-28(30)26-18-14-24(15-19-26)23-12-16-25(17-13-23)27(29)4-2/h14-15,18-19,21-23,25H,3-13,16-17,20H2,1-2H3. The van der Waals surface area contributed by atoms with Crippen molar-refractivity contribution in [3.05, 3.63) is 35.4 Å². The summed E-state index contributed by atoms with van der Waals surface area (Å²) in [6.07, 6.45) is 16.2. The van der Waals surface area contributed by atoms with Crippen LogP contribution in [0.2, 0.25) is 0 Å². The van der Waals surface area contributed by atoms with E-state index in [4.69, 9.17) is 0 Å². The van der Waals surface area contributed by atoms with Gasteiger partial charge in [0.05, 0.1) is 0 Å². The van der Waals surface area contributed by atoms with Crippen LogP contribution in [0.5, 0.6) is 0 Å². The second-order valence-electron chi connectivity index (χ2n) is 10.0. The number of benzene rings is 1. The molecular weight excluding hydrogens is 368 g/mol. The van der Waals surface area contributed by atoms with E-state index in [0.29, 0.717) is 29.8 Å². The molecule has 30 heavy (non-hydrogen) atoms. The number of hydrogen-bond acceptors (Lipinski definition) is 2. The van der Waals surface area contributed by atoms with E-state index >= 15 is 0 Å². The molecule has 0 heterocycles. The lowest BCUT2D eigenvalue weighted by molar-refractivity contribution is -0.123. The van der Waals surface area contributed by atoms with Crippen LogP contribution < -0.4 is 0 Å². The van der Waals surface area contributed by atoms with E-state index in [9.17, 15) is 9.59 Å². The van der Waals surface area contributed by atoms with Crippen LogP contribution in [-0.2, 0) is 4.79 Å². The Morgan fingerprint density at radius 2 is 1.43 bits per heavy atom. The summed E-state index contributed by atoms with van der Waals surface area (Å²) in [6.45, 7) is 4.25. The molecule has 2 fully saturated rings. The van der Waals surface area contributed by atoms with Gasteiger partial charge in [0, 0.05) is 24.3 Å². The molecule has 2 saturated carbocycles. The summed E-state index contributed by atoms with van der Waals surface area (Å²) in [5, 5.41) is 0. The van der Waals surface area contributed by atoms with Gasteiger partial charge in [-0.1, -0.05) is 76.6 Å². The summed E-state index contributed by atoms with van der Waals surface area (Å²) in [4.78, 5) is 24.7. The molecule has 0 atom stereocenters. The SMILES string of the molecule is CCCCCC1CCC(CC(=O)c2ccc(C3CCC(C(=O)CC)CC3)cc2)CC1. The number of rotatable bonds is 10. The molecule has 3 rings (SSSR count). The van der Waals surface area contributed by atoms with Gasteiger partial charge >= 0.3 is 0 Å². The quantitative estimate of drug-likeness (QED) is 0.290. The lowest BCUT2D eigenvalue weighted by Crippen LogP contribution is -2.20. The molecule has 0 amide bonds. The number of carbonyl (C=O) groups excluding carboxylic acids is 2. The Bertz CT molecular complexity index is 658. The number of hydrogen-bond donors (Lipinski definition) is 0. The molecule has 0 aromatic heterocycles. The van der Waals surface area contributed by atoms with Crippen molar-refractivity contribution in [1.29, 1.82) is 0 Å². The highest BCUT2D eigenvalue weighted by Gasteiger charge is 2.26. The summed E-state index contributed by atoms with van der Waals surface area (Å²) in [5.41, 5.74) is 2.24. The van der Waals surface area contributed by atoms with Gasteiger partial charge in [-0.3, -0.25) is 9.59 Å². The zero-order valence-corrected chi connectivity index (χ0v) is 19.3. The first-order chi connectivity index (χ1) is 14.6. The van der Waals surface area contributed by atoms with Crippen LogP contribution in [-0.4, -0.2) is 11.6 Å². The largest absolute Gasteiger partial charge is 0.299 e. The Morgan fingerprint density at radius 3 is 2.03 bits per heavy atom. The fourth-order valence-corrected chi connectivity index (χ4v) is 5.77. The minimum absolute atomic E-state index is 0.286. The highest BCUT2D eigenvalue weighted by atomic mass is 16.1. The van der Waals surface area contributed by atoms with Crippen molar-refractivity contribution in [2.45, 2.75) is 110 Å². The summed E-state index contributed by atoms with van der Waals surface area (Å²) in [7, 11) is 0. The monoisotopic (exact) mass is 410 g/mol. The lowest BCUT2D eigenvalue weighted by Gasteiger charge is -2.28. The van der Waals surface area contributed by atoms with Crippen molar-refractivity contribution >= 4 is 11.6 Å². The van der Waals surface area contributed by atoms with Gasteiger partial charge in [-0.2, -0.15) is 0 Å². The maximum Gasteiger partial charge on any atom is 0.163 e. The highest BCUT2D eigenvalue weighted by Crippen LogP contribution is 2.37. The van der Waals surface area contributed by atoms with Crippen LogP contribution in [0.1, 0.15) is 126 Å². The third-order valence-electron chi connectivity index (χ3n) is 7.89. The molecule has 0 saturated heterocycles. The molecule has 0 N–H and O–H groups in total. The Labute approximate surface area is 184 Å². The summed E-state index contributed by atoms with van der Waals surface area (Å²) < 4.78 is 0. The predicted molar refractivity (Wildman–Crippen MR) is 125 cm³/mol. The van der Waals surface area contributed by atoms with Gasteiger partial charge in [0.2, 0.25) is 0 Å². The molecule has 1 aromatic rings. The maximum atomic E-state index is 12.8. The minimum atomic E-state index is 0.286. The van der Waals surface area contributed by atoms with Crippen molar-refractivity contribution in [2.75, 3.05) is 0 Å². The first-order valence-corrected chi connectivity index (χ1v) is 12.8. The van der Waals surface area contributed by atoms with E-state index in [1.54, 1.807) is 0 Å². The average Bonchev–Trinajstić information content (AvgIpc) is 2.80. The average molecular weight is 411 g/mol. The summed E-state index contributed by atoms with van der Waals surface area (Å²) >= 11 is 0. The van der Waals surface area contributed by atoms with Crippen molar-refractivity contribution in [2.24, 2.45) is 17.8 Å². The van der Waals surface area contributed by atoms with Crippen LogP contribution in [0.25, 0.3) is 0 Å². The first kappa shape index (κ1) is 23.2. The van der Waals surface area contributed by atoms with E-state index in [-0.39, 0.29) is 5.92 Å². The normalized spacial score (nSPS) is 27.0. The molecule has 2 nitrogen and oxygen atoms in total. The van der Waals surface area contributed by atoms with Gasteiger partial charge in [0.1, 0.15) is 5.78 Å². The van der Waals surface area contributed by atoms with Crippen LogP contribution in [0, 0.1) is 17.8 Å². The van der Waals surface area contributed by atoms with Crippen LogP contribution in [0.3, 0.4) is 0 Å². The van der Waals surface area contributed by atoms with Crippen molar-refractivity contribution in [3.63, 3.8) is 0 Å². The lowest BCUT2D eigenvalue weighted by atomic mass is 9.76. The third kappa shape index (κ3) is 6.53. The molecule has 0 bridgehead atoms. The molecule has 0 radical (unpaired) electrons. The van der Waals surface area contributed by atoms with Gasteiger partial charge < -0.3 is 0 Å². The molecule has 2 heteroatoms. The fraction of sp³-hybridized carbons (Fsp3) is 0.714. The van der Waals surface area contributed by atoms with Gasteiger partial charge in [-0.05, 0) is 61.8 Å². The number of Topliss-reactive ketones (excluding diaryl/α,β-unsaturated/α-hetero) is 2. The van der Waals surface area contributed by atoms with Gasteiger partial charge in [0.25, 0.3) is 0 Å². The highest BCUT2D eigenvalue weighted by molar-refractivity contribution is 5.96. The fourth-order valence-electron chi connectivity index (χ4n) is 5.77. The molecule has 166 valence electrons. The smallest absolute Gasteiger partial charge is 0.163 e. The Kier molecular flexibility index (Phi) is 9.15. The Morgan fingerprint density at radius 1 is 0.800 bits per heavy atom. The minimum Gasteiger partial charge on any atom is -0.299 e. The second kappa shape index (κ2) is 11.8. The number of unbranched alkanes of at least 4 members (excludes halogenated alkanes) is 2. The first-order valence-electron chi connectivity index (χ1n) is 12.8. The van der Waals surface area contributed by atoms with E-state index in [2.05, 4.69) is 31.2 Å². The summed E-state index contributed by atoms with van der Waals surface area (Å²) in [6, 6.07) is 8.45. The van der Waals surface area contributed by atoms with E-state index < -0.39 is 0 Å². The molecule has 0 spiro atoms. The van der Waals surface area contributed by atoms with E-state index in [1.807, 2.05) is 6.92 Å². The topological polar surface area (TPSA) is 34.1 Å². The Hall–Kier alpha value is -1.44. The van der Waals surface area contributed by atoms with Crippen molar-refractivity contribution < 1.29 is 9.59 Å². The van der Waals surface area contributed by atoms with Gasteiger partial charge in [0.15, 0.2) is 5.78 Å². The number of ketones is 2. The van der Waals surface area contributed by atoms with Crippen LogP contribution in [0.4, 0.5) is 0 Å². The van der Waals surface area contributed by atoms with E-state index in [1.165, 1.54) is 56.9 Å². The maximum absolute atomic E-state index is 12.8. The number of carbonyl (C=O) groups is 2. The zero-order chi connectivity index (χ0) is 21.3. The van der Waals surface area contributed by atoms with E-state index in [0.717, 1.165) is 43.6 Å². The van der Waals surface area contributed by atoms with Gasteiger partial charge in [-0.25, -0.2) is 0 Å². The third-order valence-corrected chi connectivity index (χ3v) is 7.89. The molecule has 0 aliphatic heterocycles. The van der Waals surface area contributed by atoms with Crippen molar-refractivity contribution in [1.82, 2.24) is 0 Å².